The van der Waals surface area contributed by atoms with Crippen LogP contribution in [0.15, 0.2) is 24.4 Å². The first-order valence-corrected chi connectivity index (χ1v) is 8.45. The number of anilines is 3. The van der Waals surface area contributed by atoms with Gasteiger partial charge < -0.3 is 16.4 Å². The number of aryl methyl sites for hydroxylation is 1. The lowest BCUT2D eigenvalue weighted by molar-refractivity contribution is 0.0972. The van der Waals surface area contributed by atoms with Gasteiger partial charge in [0.15, 0.2) is 5.78 Å². The van der Waals surface area contributed by atoms with E-state index in [4.69, 9.17) is 17.3 Å². The zero-order valence-corrected chi connectivity index (χ0v) is 14.1. The zero-order valence-electron chi connectivity index (χ0n) is 13.3. The summed E-state index contributed by atoms with van der Waals surface area (Å²) in [6.07, 6.45) is 4.86. The predicted molar refractivity (Wildman–Crippen MR) is 96.2 cm³/mol. The van der Waals surface area contributed by atoms with E-state index in [1.807, 2.05) is 18.2 Å². The van der Waals surface area contributed by atoms with E-state index >= 15 is 0 Å². The molecule has 0 amide bonds. The number of benzene rings is 1. The van der Waals surface area contributed by atoms with Crippen LogP contribution in [-0.2, 0) is 6.42 Å². The summed E-state index contributed by atoms with van der Waals surface area (Å²) >= 11 is 6.11. The summed E-state index contributed by atoms with van der Waals surface area (Å²) in [5, 5.41) is 6.78. The number of halogens is 1. The van der Waals surface area contributed by atoms with Crippen LogP contribution in [-0.4, -0.2) is 28.8 Å². The number of hydrogen-bond donors (Lipinski definition) is 3. The monoisotopic (exact) mass is 345 g/mol. The second kappa shape index (κ2) is 7.59. The standard InChI is InChI=1S/C17H20ClN5O/c18-14-10-21-17(23-16(14)20-8-2-7-19)22-12-5-6-13-11(9-12)3-1-4-15(13)24/h5-6,9-10H,1-4,7-8,19H2,(H2,20,21,22,23). The summed E-state index contributed by atoms with van der Waals surface area (Å²) in [4.78, 5) is 20.5. The predicted octanol–water partition coefficient (Wildman–Crippen LogP) is 3.15. The van der Waals surface area contributed by atoms with Gasteiger partial charge in [-0.3, -0.25) is 4.79 Å². The molecule has 0 bridgehead atoms. The molecule has 7 heteroatoms. The number of hydrogen-bond acceptors (Lipinski definition) is 6. The lowest BCUT2D eigenvalue weighted by Gasteiger charge is -2.16. The number of rotatable bonds is 6. The Kier molecular flexibility index (Phi) is 5.27. The van der Waals surface area contributed by atoms with Crippen LogP contribution in [0.4, 0.5) is 17.5 Å². The molecule has 0 aliphatic heterocycles. The molecule has 0 spiro atoms. The first-order valence-electron chi connectivity index (χ1n) is 8.07. The van der Waals surface area contributed by atoms with Crippen LogP contribution >= 0.6 is 11.6 Å². The molecule has 0 atom stereocenters. The minimum atomic E-state index is 0.219. The van der Waals surface area contributed by atoms with Crippen molar-refractivity contribution in [3.63, 3.8) is 0 Å². The van der Waals surface area contributed by atoms with E-state index in [2.05, 4.69) is 20.6 Å². The second-order valence-corrected chi connectivity index (χ2v) is 6.14. The molecule has 1 aliphatic rings. The number of Topliss-reactive ketones (excluding diaryl/α,β-unsaturated/α-hetero) is 1. The molecule has 2 aromatic rings. The third-order valence-electron chi connectivity index (χ3n) is 3.93. The summed E-state index contributed by atoms with van der Waals surface area (Å²) in [6, 6.07) is 5.74. The van der Waals surface area contributed by atoms with Gasteiger partial charge in [0.05, 0.1) is 6.20 Å². The molecule has 0 saturated heterocycles. The van der Waals surface area contributed by atoms with Crippen molar-refractivity contribution in [3.8, 4) is 0 Å². The molecule has 0 fully saturated rings. The van der Waals surface area contributed by atoms with Gasteiger partial charge in [-0.2, -0.15) is 4.98 Å². The fourth-order valence-electron chi connectivity index (χ4n) is 2.71. The highest BCUT2D eigenvalue weighted by molar-refractivity contribution is 6.32. The van der Waals surface area contributed by atoms with Crippen molar-refractivity contribution in [1.29, 1.82) is 0 Å². The molecule has 1 heterocycles. The number of fused-ring (bicyclic) bond motifs is 1. The lowest BCUT2D eigenvalue weighted by atomic mass is 9.90. The number of ketones is 1. The van der Waals surface area contributed by atoms with E-state index < -0.39 is 0 Å². The normalized spacial score (nSPS) is 13.5. The van der Waals surface area contributed by atoms with Crippen LogP contribution in [0.5, 0.6) is 0 Å². The van der Waals surface area contributed by atoms with Crippen LogP contribution in [0, 0.1) is 0 Å². The minimum absolute atomic E-state index is 0.219. The molecule has 6 nitrogen and oxygen atoms in total. The topological polar surface area (TPSA) is 92.9 Å². The van der Waals surface area contributed by atoms with Crippen molar-refractivity contribution in [2.45, 2.75) is 25.7 Å². The van der Waals surface area contributed by atoms with Gasteiger partial charge in [-0.15, -0.1) is 0 Å². The van der Waals surface area contributed by atoms with Gasteiger partial charge in [0, 0.05) is 24.2 Å². The molecule has 0 radical (unpaired) electrons. The van der Waals surface area contributed by atoms with Crippen LogP contribution in [0.25, 0.3) is 0 Å². The molecule has 126 valence electrons. The Hall–Kier alpha value is -2.18. The van der Waals surface area contributed by atoms with Crippen molar-refractivity contribution < 1.29 is 4.79 Å². The van der Waals surface area contributed by atoms with Gasteiger partial charge >= 0.3 is 0 Å². The van der Waals surface area contributed by atoms with Gasteiger partial charge in [-0.05, 0) is 49.6 Å². The summed E-state index contributed by atoms with van der Waals surface area (Å²) < 4.78 is 0. The zero-order chi connectivity index (χ0) is 16.9. The van der Waals surface area contributed by atoms with E-state index in [9.17, 15) is 4.79 Å². The Bertz CT molecular complexity index is 750. The minimum Gasteiger partial charge on any atom is -0.369 e. The molecule has 4 N–H and O–H groups in total. The maximum Gasteiger partial charge on any atom is 0.229 e. The van der Waals surface area contributed by atoms with Crippen molar-refractivity contribution in [2.75, 3.05) is 23.7 Å². The summed E-state index contributed by atoms with van der Waals surface area (Å²) in [6.45, 7) is 1.31. The maximum atomic E-state index is 11.9. The van der Waals surface area contributed by atoms with E-state index in [0.717, 1.165) is 36.1 Å². The van der Waals surface area contributed by atoms with Crippen molar-refractivity contribution >= 4 is 34.8 Å². The molecule has 24 heavy (non-hydrogen) atoms. The Morgan fingerprint density at radius 1 is 1.29 bits per heavy atom. The van der Waals surface area contributed by atoms with Gasteiger partial charge in [0.25, 0.3) is 0 Å². The molecule has 1 aromatic heterocycles. The number of carbonyl (C=O) groups excluding carboxylic acids is 1. The number of carbonyl (C=O) groups is 1. The molecule has 1 aliphatic carbocycles. The van der Waals surface area contributed by atoms with Gasteiger partial charge in [0.2, 0.25) is 5.95 Å². The van der Waals surface area contributed by atoms with E-state index in [0.29, 0.717) is 36.3 Å². The Labute approximate surface area is 145 Å². The van der Waals surface area contributed by atoms with Crippen LogP contribution in [0.1, 0.15) is 35.2 Å². The second-order valence-electron chi connectivity index (χ2n) is 5.73. The third kappa shape index (κ3) is 3.83. The van der Waals surface area contributed by atoms with Gasteiger partial charge in [0.1, 0.15) is 10.8 Å². The summed E-state index contributed by atoms with van der Waals surface area (Å²) in [7, 11) is 0. The molecule has 0 saturated carbocycles. The molecular weight excluding hydrogens is 326 g/mol. The van der Waals surface area contributed by atoms with Crippen LogP contribution in [0.2, 0.25) is 5.02 Å². The average Bonchev–Trinajstić information content (AvgIpc) is 2.58. The quantitative estimate of drug-likeness (QED) is 0.696. The summed E-state index contributed by atoms with van der Waals surface area (Å²) in [5.41, 5.74) is 8.25. The molecular formula is C17H20ClN5O. The maximum absolute atomic E-state index is 11.9. The van der Waals surface area contributed by atoms with E-state index in [-0.39, 0.29) is 5.78 Å². The van der Waals surface area contributed by atoms with E-state index in [1.165, 1.54) is 0 Å². The van der Waals surface area contributed by atoms with Crippen LogP contribution in [0.3, 0.4) is 0 Å². The lowest BCUT2D eigenvalue weighted by Crippen LogP contribution is -2.12. The molecule has 1 aromatic carbocycles. The Morgan fingerprint density at radius 2 is 2.17 bits per heavy atom. The van der Waals surface area contributed by atoms with Crippen molar-refractivity contribution in [1.82, 2.24) is 9.97 Å². The number of nitrogens with one attached hydrogen (secondary N) is 2. The largest absolute Gasteiger partial charge is 0.369 e. The average molecular weight is 346 g/mol. The van der Waals surface area contributed by atoms with Crippen LogP contribution < -0.4 is 16.4 Å². The highest BCUT2D eigenvalue weighted by Gasteiger charge is 2.17. The van der Waals surface area contributed by atoms with Gasteiger partial charge in [-0.25, -0.2) is 4.98 Å². The third-order valence-corrected chi connectivity index (χ3v) is 4.21. The highest BCUT2D eigenvalue weighted by Crippen LogP contribution is 2.26. The van der Waals surface area contributed by atoms with Crippen molar-refractivity contribution in [2.24, 2.45) is 5.73 Å². The number of nitrogens with zero attached hydrogens (tertiary/aromatic N) is 2. The first kappa shape index (κ1) is 16.7. The summed E-state index contributed by atoms with van der Waals surface area (Å²) in [5.74, 6) is 1.25. The Balaban J connectivity index is 1.76. The fraction of sp³-hybridized carbons (Fsp3) is 0.353. The first-order chi connectivity index (χ1) is 11.7. The number of aromatic nitrogens is 2. The number of nitrogens with two attached hydrogens (primary N) is 1. The Morgan fingerprint density at radius 3 is 3.00 bits per heavy atom. The van der Waals surface area contributed by atoms with E-state index in [1.54, 1.807) is 6.20 Å². The fourth-order valence-corrected chi connectivity index (χ4v) is 2.87. The SMILES string of the molecule is NCCCNc1nc(Nc2ccc3c(c2)CCCC3=O)ncc1Cl. The van der Waals surface area contributed by atoms with Gasteiger partial charge in [-0.1, -0.05) is 11.6 Å². The molecule has 3 rings (SSSR count). The smallest absolute Gasteiger partial charge is 0.229 e. The molecule has 0 unspecified atom stereocenters. The highest BCUT2D eigenvalue weighted by atomic mass is 35.5. The van der Waals surface area contributed by atoms with Crippen molar-refractivity contribution in [3.05, 3.63) is 40.5 Å².